The summed E-state index contributed by atoms with van der Waals surface area (Å²) in [6.07, 6.45) is -0.530. The molecule has 0 fully saturated rings. The molecular formula is C18H23N3O3S2. The fourth-order valence-corrected chi connectivity index (χ4v) is 3.72. The van der Waals surface area contributed by atoms with E-state index in [-0.39, 0.29) is 12.5 Å². The molecule has 0 radical (unpaired) electrons. The predicted octanol–water partition coefficient (Wildman–Crippen LogP) is 4.41. The van der Waals surface area contributed by atoms with Crippen molar-refractivity contribution in [3.8, 4) is 0 Å². The Labute approximate surface area is 162 Å². The van der Waals surface area contributed by atoms with Crippen LogP contribution >= 0.6 is 23.1 Å². The third kappa shape index (κ3) is 6.68. The number of ether oxygens (including phenoxy) is 1. The molecule has 6 nitrogen and oxygen atoms in total. The van der Waals surface area contributed by atoms with E-state index in [4.69, 9.17) is 4.74 Å². The second kappa shape index (κ2) is 8.55. The number of benzene rings is 1. The van der Waals surface area contributed by atoms with Crippen LogP contribution in [0.15, 0.2) is 38.9 Å². The highest BCUT2D eigenvalue weighted by atomic mass is 32.2. The lowest BCUT2D eigenvalue weighted by Gasteiger charge is -2.24. The summed E-state index contributed by atoms with van der Waals surface area (Å²) in [6, 6.07) is 7.51. The van der Waals surface area contributed by atoms with E-state index < -0.39 is 11.7 Å². The molecule has 2 amide bonds. The molecule has 0 atom stereocenters. The number of likely N-dealkylation sites (N-methyl/N-ethyl adjacent to an activating group) is 1. The smallest absolute Gasteiger partial charge is 0.410 e. The van der Waals surface area contributed by atoms with E-state index in [0.717, 1.165) is 14.9 Å². The Hall–Kier alpha value is -2.06. The minimum Gasteiger partial charge on any atom is -0.444 e. The van der Waals surface area contributed by atoms with Gasteiger partial charge in [-0.05, 0) is 52.0 Å². The third-order valence-electron chi connectivity index (χ3n) is 3.03. The van der Waals surface area contributed by atoms with Gasteiger partial charge < -0.3 is 15.0 Å². The summed E-state index contributed by atoms with van der Waals surface area (Å²) < 4.78 is 6.21. The molecule has 0 unspecified atom stereocenters. The van der Waals surface area contributed by atoms with E-state index in [1.54, 1.807) is 43.9 Å². The molecule has 1 aromatic heterocycles. The van der Waals surface area contributed by atoms with Crippen LogP contribution < -0.4 is 5.32 Å². The van der Waals surface area contributed by atoms with E-state index in [1.165, 1.54) is 11.9 Å². The van der Waals surface area contributed by atoms with Crippen molar-refractivity contribution in [2.75, 3.05) is 18.9 Å². The van der Waals surface area contributed by atoms with Gasteiger partial charge in [0.15, 0.2) is 4.34 Å². The van der Waals surface area contributed by atoms with E-state index in [2.05, 4.69) is 10.3 Å². The fraction of sp³-hybridized carbons (Fsp3) is 0.389. The molecule has 0 saturated carbocycles. The third-order valence-corrected chi connectivity index (χ3v) is 5.09. The second-order valence-corrected chi connectivity index (χ2v) is 8.94. The SMILES string of the molecule is Cc1csc(Sc2ccc(NC(=O)CN(C)C(=O)OC(C)(C)C)cc2)n1. The summed E-state index contributed by atoms with van der Waals surface area (Å²) in [5.41, 5.74) is 1.09. The number of carbonyl (C=O) groups is 2. The molecule has 0 saturated heterocycles. The van der Waals surface area contributed by atoms with Crippen molar-refractivity contribution in [2.24, 2.45) is 0 Å². The molecule has 0 spiro atoms. The molecular weight excluding hydrogens is 370 g/mol. The predicted molar refractivity (Wildman–Crippen MR) is 105 cm³/mol. The van der Waals surface area contributed by atoms with E-state index >= 15 is 0 Å². The van der Waals surface area contributed by atoms with Gasteiger partial charge in [0.2, 0.25) is 5.91 Å². The molecule has 8 heteroatoms. The Kier molecular flexibility index (Phi) is 6.66. The van der Waals surface area contributed by atoms with Crippen LogP contribution in [-0.2, 0) is 9.53 Å². The maximum absolute atomic E-state index is 12.1. The van der Waals surface area contributed by atoms with Crippen LogP contribution in [0.4, 0.5) is 10.5 Å². The zero-order chi connectivity index (χ0) is 19.3. The Morgan fingerprint density at radius 2 is 1.92 bits per heavy atom. The van der Waals surface area contributed by atoms with Crippen LogP contribution in [0.3, 0.4) is 0 Å². The minimum atomic E-state index is -0.592. The number of thiazole rings is 1. The van der Waals surface area contributed by atoms with Crippen LogP contribution in [-0.4, -0.2) is 41.1 Å². The number of hydrogen-bond acceptors (Lipinski definition) is 6. The Bertz CT molecular complexity index is 767. The first-order valence-electron chi connectivity index (χ1n) is 8.06. The van der Waals surface area contributed by atoms with Crippen LogP contribution in [0.2, 0.25) is 0 Å². The first kappa shape index (κ1) is 20.3. The summed E-state index contributed by atoms with van der Waals surface area (Å²) in [6.45, 7) is 7.24. The monoisotopic (exact) mass is 393 g/mol. The number of carbonyl (C=O) groups excluding carboxylic acids is 2. The molecule has 2 aromatic rings. The van der Waals surface area contributed by atoms with Gasteiger partial charge in [-0.25, -0.2) is 9.78 Å². The standard InChI is InChI=1S/C18H23N3O3S2/c1-12-11-25-16(19-12)26-14-8-6-13(7-9-14)20-15(22)10-21(5)17(23)24-18(2,3)4/h6-9,11H,10H2,1-5H3,(H,20,22). The highest BCUT2D eigenvalue weighted by molar-refractivity contribution is 8.01. The van der Waals surface area contributed by atoms with Gasteiger partial charge in [-0.15, -0.1) is 11.3 Å². The lowest BCUT2D eigenvalue weighted by molar-refractivity contribution is -0.117. The lowest BCUT2D eigenvalue weighted by atomic mass is 10.2. The largest absolute Gasteiger partial charge is 0.444 e. The van der Waals surface area contributed by atoms with E-state index in [0.29, 0.717) is 5.69 Å². The molecule has 1 aromatic carbocycles. The Balaban J connectivity index is 1.86. The molecule has 140 valence electrons. The van der Waals surface area contributed by atoms with E-state index in [9.17, 15) is 9.59 Å². The van der Waals surface area contributed by atoms with Gasteiger partial charge >= 0.3 is 6.09 Å². The minimum absolute atomic E-state index is 0.0796. The highest BCUT2D eigenvalue weighted by Crippen LogP contribution is 2.30. The summed E-state index contributed by atoms with van der Waals surface area (Å²) in [7, 11) is 1.53. The van der Waals surface area contributed by atoms with Crippen LogP contribution in [0.1, 0.15) is 26.5 Å². The first-order valence-corrected chi connectivity index (χ1v) is 9.76. The summed E-state index contributed by atoms with van der Waals surface area (Å²) in [4.78, 5) is 30.7. The molecule has 1 N–H and O–H groups in total. The number of nitrogens with one attached hydrogen (secondary N) is 1. The number of amides is 2. The molecule has 0 aliphatic carbocycles. The van der Waals surface area contributed by atoms with Crippen molar-refractivity contribution in [1.29, 1.82) is 0 Å². The number of anilines is 1. The van der Waals surface area contributed by atoms with Crippen LogP contribution in [0, 0.1) is 6.92 Å². The number of hydrogen-bond donors (Lipinski definition) is 1. The average molecular weight is 394 g/mol. The quantitative estimate of drug-likeness (QED) is 0.815. The fourth-order valence-electron chi connectivity index (χ4n) is 1.91. The first-order chi connectivity index (χ1) is 12.1. The van der Waals surface area contributed by atoms with Crippen molar-refractivity contribution < 1.29 is 14.3 Å². The summed E-state index contributed by atoms with van der Waals surface area (Å²) >= 11 is 3.19. The van der Waals surface area contributed by atoms with Gasteiger partial charge in [0.25, 0.3) is 0 Å². The average Bonchev–Trinajstić information content (AvgIpc) is 2.92. The van der Waals surface area contributed by atoms with Crippen molar-refractivity contribution in [1.82, 2.24) is 9.88 Å². The van der Waals surface area contributed by atoms with Crippen molar-refractivity contribution in [3.05, 3.63) is 35.3 Å². The van der Waals surface area contributed by atoms with Gasteiger partial charge in [0, 0.05) is 28.7 Å². The van der Waals surface area contributed by atoms with Gasteiger partial charge in [-0.1, -0.05) is 11.8 Å². The molecule has 1 heterocycles. The molecule has 26 heavy (non-hydrogen) atoms. The summed E-state index contributed by atoms with van der Waals surface area (Å²) in [5.74, 6) is -0.283. The zero-order valence-corrected chi connectivity index (χ0v) is 17.2. The molecule has 0 aliphatic heterocycles. The van der Waals surface area contributed by atoms with Gasteiger partial charge in [0.05, 0.1) is 0 Å². The zero-order valence-electron chi connectivity index (χ0n) is 15.5. The Morgan fingerprint density at radius 1 is 1.27 bits per heavy atom. The normalized spacial score (nSPS) is 11.1. The van der Waals surface area contributed by atoms with Gasteiger partial charge in [-0.2, -0.15) is 0 Å². The molecule has 2 rings (SSSR count). The maximum Gasteiger partial charge on any atom is 0.410 e. The van der Waals surface area contributed by atoms with Crippen molar-refractivity contribution >= 4 is 40.8 Å². The van der Waals surface area contributed by atoms with Gasteiger partial charge in [0.1, 0.15) is 12.1 Å². The number of aryl methyl sites for hydroxylation is 1. The summed E-state index contributed by atoms with van der Waals surface area (Å²) in [5, 5.41) is 4.79. The maximum atomic E-state index is 12.1. The molecule has 0 aliphatic rings. The highest BCUT2D eigenvalue weighted by Gasteiger charge is 2.21. The lowest BCUT2D eigenvalue weighted by Crippen LogP contribution is -2.38. The van der Waals surface area contributed by atoms with Crippen LogP contribution in [0.25, 0.3) is 0 Å². The van der Waals surface area contributed by atoms with Crippen molar-refractivity contribution in [2.45, 2.75) is 42.5 Å². The second-order valence-electron chi connectivity index (χ2n) is 6.77. The number of aromatic nitrogens is 1. The molecule has 0 bridgehead atoms. The number of nitrogens with zero attached hydrogens (tertiary/aromatic N) is 2. The van der Waals surface area contributed by atoms with Crippen LogP contribution in [0.5, 0.6) is 0 Å². The van der Waals surface area contributed by atoms with Gasteiger partial charge in [-0.3, -0.25) is 4.79 Å². The Morgan fingerprint density at radius 3 is 2.46 bits per heavy atom. The topological polar surface area (TPSA) is 71.5 Å². The van der Waals surface area contributed by atoms with Crippen molar-refractivity contribution in [3.63, 3.8) is 0 Å². The van der Waals surface area contributed by atoms with E-state index in [1.807, 2.05) is 36.6 Å². The number of rotatable bonds is 5.